The van der Waals surface area contributed by atoms with E-state index in [4.69, 9.17) is 4.74 Å². The second-order valence-corrected chi connectivity index (χ2v) is 10.4. The van der Waals surface area contributed by atoms with E-state index in [0.29, 0.717) is 6.42 Å². The Morgan fingerprint density at radius 2 is 1.80 bits per heavy atom. The molecule has 1 fully saturated rings. The molecule has 2 aromatic carbocycles. The number of carbonyl (C=O) groups excluding carboxylic acids is 2. The molecule has 2 atom stereocenters. The van der Waals surface area contributed by atoms with Crippen molar-refractivity contribution in [2.75, 3.05) is 16.8 Å². The zero-order valence-electron chi connectivity index (χ0n) is 21.5. The molecule has 6 heteroatoms. The highest BCUT2D eigenvalue weighted by atomic mass is 16.6. The minimum absolute atomic E-state index is 0.00335. The highest BCUT2D eigenvalue weighted by Crippen LogP contribution is 2.40. The standard InChI is InChI=1S/C29H39N3O3/c1-19(2)35-29(34)31-27-15-20(3)32(21(4)33)28-14-13-24(17-26(27)28)23-11-8-12-25(16-23)30-18-22-9-6-5-7-10-22/h8,11-14,16-17,19-20,22,27,30H,5-7,9-10,15,18H2,1-4H3,(H,31,34)/t20-,27+/m0/s1. The predicted octanol–water partition coefficient (Wildman–Crippen LogP) is 6.67. The average Bonchev–Trinajstić information content (AvgIpc) is 2.82. The van der Waals surface area contributed by atoms with Crippen LogP contribution in [0.5, 0.6) is 0 Å². The van der Waals surface area contributed by atoms with Crippen LogP contribution in [0.3, 0.4) is 0 Å². The van der Waals surface area contributed by atoms with Gasteiger partial charge in [0.2, 0.25) is 5.91 Å². The Labute approximate surface area is 209 Å². The van der Waals surface area contributed by atoms with Crippen LogP contribution >= 0.6 is 0 Å². The molecular weight excluding hydrogens is 438 g/mol. The molecule has 0 unspecified atom stereocenters. The molecule has 6 nitrogen and oxygen atoms in total. The summed E-state index contributed by atoms with van der Waals surface area (Å²) in [6.45, 7) is 8.30. The van der Waals surface area contributed by atoms with Crippen LogP contribution in [0, 0.1) is 5.92 Å². The second kappa shape index (κ2) is 11.1. The van der Waals surface area contributed by atoms with Gasteiger partial charge in [-0.2, -0.15) is 0 Å². The zero-order chi connectivity index (χ0) is 24.9. The van der Waals surface area contributed by atoms with Gasteiger partial charge in [0.05, 0.1) is 12.1 Å². The van der Waals surface area contributed by atoms with E-state index in [9.17, 15) is 9.59 Å². The van der Waals surface area contributed by atoms with Crippen LogP contribution < -0.4 is 15.5 Å². The highest BCUT2D eigenvalue weighted by Gasteiger charge is 2.33. The van der Waals surface area contributed by atoms with Crippen LogP contribution in [0.2, 0.25) is 0 Å². The number of ether oxygens (including phenoxy) is 1. The molecule has 1 heterocycles. The first kappa shape index (κ1) is 25.1. The SMILES string of the molecule is CC(=O)N1c2ccc(-c3cccc(NCC4CCCCC4)c3)cc2[C@H](NC(=O)OC(C)C)C[C@@H]1C. The number of alkyl carbamates (subject to hydrolysis) is 1. The van der Waals surface area contributed by atoms with E-state index in [1.165, 1.54) is 32.1 Å². The molecule has 1 aliphatic heterocycles. The van der Waals surface area contributed by atoms with Gasteiger partial charge in [-0.15, -0.1) is 0 Å². The molecule has 2 aromatic rings. The van der Waals surface area contributed by atoms with E-state index < -0.39 is 6.09 Å². The van der Waals surface area contributed by atoms with Crippen molar-refractivity contribution in [3.05, 3.63) is 48.0 Å². The molecule has 0 radical (unpaired) electrons. The van der Waals surface area contributed by atoms with Crippen LogP contribution in [-0.4, -0.2) is 30.7 Å². The van der Waals surface area contributed by atoms with Gasteiger partial charge in [-0.3, -0.25) is 4.79 Å². The maximum absolute atomic E-state index is 12.5. The maximum Gasteiger partial charge on any atom is 0.407 e. The topological polar surface area (TPSA) is 70.7 Å². The number of hydrogen-bond donors (Lipinski definition) is 2. The lowest BCUT2D eigenvalue weighted by molar-refractivity contribution is -0.117. The largest absolute Gasteiger partial charge is 0.447 e. The number of carbonyl (C=O) groups is 2. The Morgan fingerprint density at radius 3 is 2.51 bits per heavy atom. The smallest absolute Gasteiger partial charge is 0.407 e. The lowest BCUT2D eigenvalue weighted by Crippen LogP contribution is -2.45. The second-order valence-electron chi connectivity index (χ2n) is 10.4. The van der Waals surface area contributed by atoms with Gasteiger partial charge in [0, 0.05) is 30.9 Å². The molecule has 1 saturated carbocycles. The fourth-order valence-corrected chi connectivity index (χ4v) is 5.51. The van der Waals surface area contributed by atoms with Crippen molar-refractivity contribution >= 4 is 23.4 Å². The van der Waals surface area contributed by atoms with Gasteiger partial charge in [0.1, 0.15) is 0 Å². The Balaban J connectivity index is 1.59. The number of nitrogens with one attached hydrogen (secondary N) is 2. The molecule has 188 valence electrons. The van der Waals surface area contributed by atoms with Gasteiger partial charge >= 0.3 is 6.09 Å². The summed E-state index contributed by atoms with van der Waals surface area (Å²) in [4.78, 5) is 26.7. The third-order valence-electron chi connectivity index (χ3n) is 7.17. The van der Waals surface area contributed by atoms with Crippen LogP contribution in [0.4, 0.5) is 16.2 Å². The Kier molecular flexibility index (Phi) is 7.99. The molecule has 0 bridgehead atoms. The fraction of sp³-hybridized carbons (Fsp3) is 0.517. The first-order valence-corrected chi connectivity index (χ1v) is 13.1. The molecule has 35 heavy (non-hydrogen) atoms. The Morgan fingerprint density at radius 1 is 1.06 bits per heavy atom. The van der Waals surface area contributed by atoms with Crippen LogP contribution in [0.15, 0.2) is 42.5 Å². The van der Waals surface area contributed by atoms with Crippen molar-refractivity contribution in [3.63, 3.8) is 0 Å². The summed E-state index contributed by atoms with van der Waals surface area (Å²) >= 11 is 0. The predicted molar refractivity (Wildman–Crippen MR) is 142 cm³/mol. The van der Waals surface area contributed by atoms with Gasteiger partial charge < -0.3 is 20.3 Å². The first-order valence-electron chi connectivity index (χ1n) is 13.1. The molecule has 0 spiro atoms. The van der Waals surface area contributed by atoms with Gasteiger partial charge in [-0.05, 0) is 86.9 Å². The van der Waals surface area contributed by atoms with Gasteiger partial charge in [-0.1, -0.05) is 37.5 Å². The average molecular weight is 478 g/mol. The van der Waals surface area contributed by atoms with Crippen LogP contribution in [0.25, 0.3) is 11.1 Å². The summed E-state index contributed by atoms with van der Waals surface area (Å²) in [7, 11) is 0. The molecule has 4 rings (SSSR count). The van der Waals surface area contributed by atoms with Crippen molar-refractivity contribution in [2.24, 2.45) is 5.92 Å². The van der Waals surface area contributed by atoms with E-state index in [0.717, 1.165) is 40.5 Å². The van der Waals surface area contributed by atoms with E-state index in [1.54, 1.807) is 6.92 Å². The number of amides is 2. The molecule has 2 N–H and O–H groups in total. The van der Waals surface area contributed by atoms with Crippen molar-refractivity contribution in [1.29, 1.82) is 0 Å². The monoisotopic (exact) mass is 477 g/mol. The van der Waals surface area contributed by atoms with Crippen LogP contribution in [-0.2, 0) is 9.53 Å². The summed E-state index contributed by atoms with van der Waals surface area (Å²) in [5.74, 6) is 0.761. The normalized spacial score (nSPS) is 20.3. The fourth-order valence-electron chi connectivity index (χ4n) is 5.51. The summed E-state index contributed by atoms with van der Waals surface area (Å²) in [6, 6.07) is 14.4. The van der Waals surface area contributed by atoms with Gasteiger partial charge in [0.15, 0.2) is 0 Å². The van der Waals surface area contributed by atoms with Crippen molar-refractivity contribution in [1.82, 2.24) is 5.32 Å². The summed E-state index contributed by atoms with van der Waals surface area (Å²) < 4.78 is 5.35. The molecule has 2 amide bonds. The number of nitrogens with zero attached hydrogens (tertiary/aromatic N) is 1. The molecule has 2 aliphatic rings. The number of hydrogen-bond acceptors (Lipinski definition) is 4. The van der Waals surface area contributed by atoms with E-state index in [2.05, 4.69) is 47.0 Å². The number of benzene rings is 2. The first-order chi connectivity index (χ1) is 16.8. The lowest BCUT2D eigenvalue weighted by atomic mass is 9.89. The van der Waals surface area contributed by atoms with E-state index in [-0.39, 0.29) is 24.1 Å². The Bertz CT molecular complexity index is 1050. The number of anilines is 2. The highest BCUT2D eigenvalue weighted by molar-refractivity contribution is 5.94. The lowest BCUT2D eigenvalue weighted by Gasteiger charge is -2.39. The molecule has 0 aromatic heterocycles. The quantitative estimate of drug-likeness (QED) is 0.488. The third-order valence-corrected chi connectivity index (χ3v) is 7.17. The molecule has 1 aliphatic carbocycles. The van der Waals surface area contributed by atoms with Crippen molar-refractivity contribution < 1.29 is 14.3 Å². The van der Waals surface area contributed by atoms with E-state index in [1.807, 2.05) is 31.7 Å². The zero-order valence-corrected chi connectivity index (χ0v) is 21.5. The molecule has 0 saturated heterocycles. The van der Waals surface area contributed by atoms with Crippen molar-refractivity contribution in [2.45, 2.75) is 84.4 Å². The number of rotatable bonds is 6. The minimum Gasteiger partial charge on any atom is -0.447 e. The Hall–Kier alpha value is -3.02. The summed E-state index contributed by atoms with van der Waals surface area (Å²) in [6.07, 6.45) is 6.70. The minimum atomic E-state index is -0.432. The van der Waals surface area contributed by atoms with E-state index >= 15 is 0 Å². The van der Waals surface area contributed by atoms with Gasteiger partial charge in [0.25, 0.3) is 0 Å². The van der Waals surface area contributed by atoms with Crippen LogP contribution in [0.1, 0.15) is 77.8 Å². The number of fused-ring (bicyclic) bond motifs is 1. The summed E-state index contributed by atoms with van der Waals surface area (Å²) in [5.41, 5.74) is 5.09. The maximum atomic E-state index is 12.5. The van der Waals surface area contributed by atoms with Gasteiger partial charge in [-0.25, -0.2) is 4.79 Å². The summed E-state index contributed by atoms with van der Waals surface area (Å²) in [5, 5.41) is 6.67. The third kappa shape index (κ3) is 6.16. The molecular formula is C29H39N3O3. The van der Waals surface area contributed by atoms with Crippen molar-refractivity contribution in [3.8, 4) is 11.1 Å².